The molecule has 0 amide bonds. The van der Waals surface area contributed by atoms with Crippen molar-refractivity contribution in [2.45, 2.75) is 44.0 Å². The Hall–Kier alpha value is -4.07. The van der Waals surface area contributed by atoms with Crippen LogP contribution in [0, 0.1) is 19.8 Å². The lowest BCUT2D eigenvalue weighted by Gasteiger charge is -2.37. The van der Waals surface area contributed by atoms with Crippen molar-refractivity contribution in [3.63, 3.8) is 0 Å². The Kier molecular flexibility index (Phi) is 8.03. The normalized spacial score (nSPS) is 19.1. The summed E-state index contributed by atoms with van der Waals surface area (Å²) in [6.07, 6.45) is 7.38. The first-order valence-corrected chi connectivity index (χ1v) is 16.2. The number of aliphatic imine (C=N–C) groups is 1. The molecule has 8 heteroatoms. The summed E-state index contributed by atoms with van der Waals surface area (Å²) in [7, 11) is -4.11. The van der Waals surface area contributed by atoms with Gasteiger partial charge in [-0.05, 0) is 92.3 Å². The summed E-state index contributed by atoms with van der Waals surface area (Å²) in [6.45, 7) is 6.13. The van der Waals surface area contributed by atoms with Crippen molar-refractivity contribution in [3.05, 3.63) is 124 Å². The standard InChI is InChI=1S/C35H33ClN2O4S/c1-4-41-33-20-24(19-31(36)35(33)42-43(39,40)27-15-8-22(2)9-16-27)21-37-26-13-11-25(12-14-26)34-29-7-5-6-28(29)30-18-23(3)10-17-32(30)38-34/h5-6,8-21,28-29,34,38H,4,7H2,1-3H3/t28-,29-,34+/m1/s1. The van der Waals surface area contributed by atoms with Crippen LogP contribution < -0.4 is 14.2 Å². The van der Waals surface area contributed by atoms with Crippen molar-refractivity contribution in [2.75, 3.05) is 11.9 Å². The fraction of sp³-hybridized carbons (Fsp3) is 0.229. The third kappa shape index (κ3) is 6.05. The summed E-state index contributed by atoms with van der Waals surface area (Å²) in [6, 6.07) is 24.8. The molecule has 2 aliphatic rings. The van der Waals surface area contributed by atoms with Crippen LogP contribution in [0.25, 0.3) is 0 Å². The van der Waals surface area contributed by atoms with Gasteiger partial charge in [-0.1, -0.05) is 71.3 Å². The molecular weight excluding hydrogens is 580 g/mol. The van der Waals surface area contributed by atoms with Crippen LogP contribution in [-0.2, 0) is 10.1 Å². The Balaban J connectivity index is 1.21. The molecule has 6 nitrogen and oxygen atoms in total. The zero-order valence-corrected chi connectivity index (χ0v) is 25.8. The molecule has 0 bridgehead atoms. The van der Waals surface area contributed by atoms with E-state index in [1.165, 1.54) is 34.5 Å². The second-order valence-electron chi connectivity index (χ2n) is 11.0. The van der Waals surface area contributed by atoms with Crippen LogP contribution in [0.3, 0.4) is 0 Å². The highest BCUT2D eigenvalue weighted by Crippen LogP contribution is 2.50. The van der Waals surface area contributed by atoms with Crippen LogP contribution in [0.1, 0.15) is 53.1 Å². The van der Waals surface area contributed by atoms with Crippen molar-refractivity contribution in [1.29, 1.82) is 0 Å². The molecule has 43 heavy (non-hydrogen) atoms. The number of halogens is 1. The van der Waals surface area contributed by atoms with Gasteiger partial charge in [0.1, 0.15) is 4.90 Å². The lowest BCUT2D eigenvalue weighted by Crippen LogP contribution is -2.29. The van der Waals surface area contributed by atoms with Gasteiger partial charge >= 0.3 is 10.1 Å². The highest BCUT2D eigenvalue weighted by Gasteiger charge is 2.37. The van der Waals surface area contributed by atoms with Gasteiger partial charge in [0.15, 0.2) is 5.75 Å². The van der Waals surface area contributed by atoms with E-state index in [9.17, 15) is 8.42 Å². The first kappa shape index (κ1) is 29.0. The zero-order valence-electron chi connectivity index (χ0n) is 24.3. The van der Waals surface area contributed by atoms with Crippen LogP contribution in [0.4, 0.5) is 11.4 Å². The molecule has 4 aromatic rings. The molecule has 0 saturated carbocycles. The lowest BCUT2D eigenvalue weighted by molar-refractivity contribution is 0.327. The van der Waals surface area contributed by atoms with Crippen molar-refractivity contribution in [2.24, 2.45) is 10.9 Å². The number of hydrogen-bond donors (Lipinski definition) is 1. The summed E-state index contributed by atoms with van der Waals surface area (Å²) in [5, 5.41) is 3.89. The maximum atomic E-state index is 12.9. The molecule has 0 radical (unpaired) electrons. The largest absolute Gasteiger partial charge is 0.490 e. The number of allylic oxidation sites excluding steroid dienone is 2. The van der Waals surface area contributed by atoms with E-state index in [-0.39, 0.29) is 27.5 Å². The number of benzene rings is 4. The monoisotopic (exact) mass is 612 g/mol. The second-order valence-corrected chi connectivity index (χ2v) is 13.0. The first-order valence-electron chi connectivity index (χ1n) is 14.4. The summed E-state index contributed by atoms with van der Waals surface area (Å²) in [5.41, 5.74) is 7.46. The Bertz CT molecular complexity index is 1820. The smallest absolute Gasteiger partial charge is 0.339 e. The molecule has 1 aliphatic carbocycles. The predicted molar refractivity (Wildman–Crippen MR) is 173 cm³/mol. The van der Waals surface area contributed by atoms with Gasteiger partial charge in [-0.15, -0.1) is 0 Å². The van der Waals surface area contributed by atoms with Gasteiger partial charge in [0.25, 0.3) is 0 Å². The van der Waals surface area contributed by atoms with Crippen molar-refractivity contribution < 1.29 is 17.3 Å². The van der Waals surface area contributed by atoms with Crippen LogP contribution in [0.5, 0.6) is 11.5 Å². The number of nitrogens with one attached hydrogen (secondary N) is 1. The van der Waals surface area contributed by atoms with Gasteiger partial charge in [0.2, 0.25) is 5.75 Å². The minimum Gasteiger partial charge on any atom is -0.490 e. The van der Waals surface area contributed by atoms with E-state index in [4.69, 9.17) is 20.5 Å². The van der Waals surface area contributed by atoms with Crippen LogP contribution in [0.2, 0.25) is 5.02 Å². The van der Waals surface area contributed by atoms with Crippen LogP contribution >= 0.6 is 11.6 Å². The van der Waals surface area contributed by atoms with Gasteiger partial charge < -0.3 is 14.2 Å². The van der Waals surface area contributed by atoms with E-state index in [1.54, 1.807) is 37.4 Å². The molecular formula is C35H33ClN2O4S. The van der Waals surface area contributed by atoms with Crippen LogP contribution in [-0.4, -0.2) is 21.2 Å². The van der Waals surface area contributed by atoms with Crippen LogP contribution in [0.15, 0.2) is 101 Å². The summed E-state index contributed by atoms with van der Waals surface area (Å²) >= 11 is 6.52. The quantitative estimate of drug-likeness (QED) is 0.122. The molecule has 220 valence electrons. The maximum Gasteiger partial charge on any atom is 0.339 e. The number of fused-ring (bicyclic) bond motifs is 3. The molecule has 4 aromatic carbocycles. The van der Waals surface area contributed by atoms with Crippen molar-refractivity contribution in [1.82, 2.24) is 0 Å². The Labute approximate surface area is 258 Å². The van der Waals surface area contributed by atoms with E-state index in [2.05, 4.69) is 59.7 Å². The maximum absolute atomic E-state index is 12.9. The van der Waals surface area contributed by atoms with Gasteiger partial charge in [-0.25, -0.2) is 0 Å². The average Bonchev–Trinajstić information content (AvgIpc) is 3.49. The molecule has 6 rings (SSSR count). The second kappa shape index (κ2) is 11.9. The predicted octanol–water partition coefficient (Wildman–Crippen LogP) is 8.70. The third-order valence-electron chi connectivity index (χ3n) is 7.97. The molecule has 1 heterocycles. The first-order chi connectivity index (χ1) is 20.7. The van der Waals surface area contributed by atoms with E-state index >= 15 is 0 Å². The lowest BCUT2D eigenvalue weighted by atomic mass is 9.76. The number of rotatable bonds is 8. The molecule has 3 atom stereocenters. The van der Waals surface area contributed by atoms with E-state index in [0.717, 1.165) is 17.7 Å². The van der Waals surface area contributed by atoms with Gasteiger partial charge in [-0.2, -0.15) is 8.42 Å². The summed E-state index contributed by atoms with van der Waals surface area (Å²) < 4.78 is 37.0. The summed E-state index contributed by atoms with van der Waals surface area (Å²) in [5.74, 6) is 1.06. The number of aryl methyl sites for hydroxylation is 2. The average molecular weight is 613 g/mol. The topological polar surface area (TPSA) is 77.0 Å². The van der Waals surface area contributed by atoms with Gasteiger partial charge in [0, 0.05) is 17.8 Å². The fourth-order valence-electron chi connectivity index (χ4n) is 5.83. The zero-order chi connectivity index (χ0) is 30.1. The van der Waals surface area contributed by atoms with E-state index in [0.29, 0.717) is 24.0 Å². The molecule has 1 aliphatic heterocycles. The molecule has 1 N–H and O–H groups in total. The molecule has 0 unspecified atom stereocenters. The van der Waals surface area contributed by atoms with E-state index < -0.39 is 10.1 Å². The SMILES string of the molecule is CCOc1cc(C=Nc2ccc([C@@H]3Nc4ccc(C)cc4[C@@H]4C=CC[C@H]43)cc2)cc(Cl)c1OS(=O)(=O)c1ccc(C)cc1. The van der Waals surface area contributed by atoms with E-state index in [1.807, 2.05) is 19.1 Å². The highest BCUT2D eigenvalue weighted by atomic mass is 35.5. The van der Waals surface area contributed by atoms with Crippen molar-refractivity contribution >= 4 is 39.3 Å². The molecule has 0 aromatic heterocycles. The number of ether oxygens (including phenoxy) is 1. The Morgan fingerprint density at radius 3 is 2.47 bits per heavy atom. The Morgan fingerprint density at radius 1 is 0.977 bits per heavy atom. The van der Waals surface area contributed by atoms with Gasteiger partial charge in [-0.3, -0.25) is 4.99 Å². The number of anilines is 1. The number of hydrogen-bond acceptors (Lipinski definition) is 6. The molecule has 0 fully saturated rings. The number of nitrogens with zero attached hydrogens (tertiary/aromatic N) is 1. The minimum absolute atomic E-state index is 0.0353. The molecule has 0 spiro atoms. The third-order valence-corrected chi connectivity index (χ3v) is 9.48. The van der Waals surface area contributed by atoms with Crippen molar-refractivity contribution in [3.8, 4) is 11.5 Å². The Morgan fingerprint density at radius 2 is 1.72 bits per heavy atom. The molecule has 0 saturated heterocycles. The van der Waals surface area contributed by atoms with Gasteiger partial charge in [0.05, 0.1) is 23.4 Å². The highest BCUT2D eigenvalue weighted by molar-refractivity contribution is 7.87. The fourth-order valence-corrected chi connectivity index (χ4v) is 7.09. The minimum atomic E-state index is -4.11. The summed E-state index contributed by atoms with van der Waals surface area (Å²) in [4.78, 5) is 4.68.